The monoisotopic (exact) mass is 452 g/mol. The van der Waals surface area contributed by atoms with Crippen molar-refractivity contribution in [2.75, 3.05) is 26.4 Å². The molecule has 9 heteroatoms. The van der Waals surface area contributed by atoms with Gasteiger partial charge in [0, 0.05) is 12.3 Å². The first-order valence-electron chi connectivity index (χ1n) is 11.0. The van der Waals surface area contributed by atoms with Gasteiger partial charge in [-0.25, -0.2) is 9.40 Å². The average Bonchev–Trinajstić information content (AvgIpc) is 3.47. The Bertz CT molecular complexity index is 1100. The van der Waals surface area contributed by atoms with Gasteiger partial charge >= 0.3 is 0 Å². The number of nitrogens with zero attached hydrogens (tertiary/aromatic N) is 3. The third-order valence-electron chi connectivity index (χ3n) is 6.47. The van der Waals surface area contributed by atoms with Gasteiger partial charge in [-0.1, -0.05) is 18.2 Å². The third-order valence-corrected chi connectivity index (χ3v) is 6.47. The fourth-order valence-electron chi connectivity index (χ4n) is 4.58. The van der Waals surface area contributed by atoms with E-state index in [0.717, 1.165) is 16.8 Å². The maximum atomic E-state index is 13.4. The Hall–Kier alpha value is -3.46. The summed E-state index contributed by atoms with van der Waals surface area (Å²) in [7, 11) is 0. The highest BCUT2D eigenvalue weighted by atomic mass is 19.1. The van der Waals surface area contributed by atoms with Crippen LogP contribution in [-0.4, -0.2) is 53.9 Å². The van der Waals surface area contributed by atoms with Crippen molar-refractivity contribution in [1.29, 1.82) is 0 Å². The highest BCUT2D eigenvalue weighted by molar-refractivity contribution is 6.03. The molecule has 172 valence electrons. The summed E-state index contributed by atoms with van der Waals surface area (Å²) in [4.78, 5) is 26.8. The zero-order chi connectivity index (χ0) is 22.9. The normalized spacial score (nSPS) is 20.7. The van der Waals surface area contributed by atoms with E-state index < -0.39 is 0 Å². The number of amides is 2. The van der Waals surface area contributed by atoms with Crippen molar-refractivity contribution >= 4 is 17.5 Å². The number of piperidine rings is 1. The number of primary amides is 1. The van der Waals surface area contributed by atoms with Crippen LogP contribution in [0.3, 0.4) is 0 Å². The summed E-state index contributed by atoms with van der Waals surface area (Å²) in [5.41, 5.74) is 7.81. The Balaban J connectivity index is 1.37. The molecule has 5 rings (SSSR count). The molecule has 2 N–H and O–H groups in total. The molecule has 0 aromatic heterocycles. The summed E-state index contributed by atoms with van der Waals surface area (Å²) < 4.78 is 24.4. The minimum Gasteiger partial charge on any atom is -0.454 e. The van der Waals surface area contributed by atoms with Crippen molar-refractivity contribution in [3.05, 3.63) is 59.4 Å². The van der Waals surface area contributed by atoms with Crippen LogP contribution in [0.5, 0.6) is 11.5 Å². The number of hydrogen-bond donors (Lipinski definition) is 1. The highest BCUT2D eigenvalue weighted by Gasteiger charge is 2.35. The van der Waals surface area contributed by atoms with Crippen molar-refractivity contribution in [3.63, 3.8) is 0 Å². The molecule has 0 aliphatic carbocycles. The largest absolute Gasteiger partial charge is 0.454 e. The van der Waals surface area contributed by atoms with Crippen LogP contribution < -0.4 is 15.2 Å². The molecule has 3 aliphatic heterocycles. The molecular weight excluding hydrogens is 427 g/mol. The Kier molecular flexibility index (Phi) is 5.72. The maximum absolute atomic E-state index is 13.4. The summed E-state index contributed by atoms with van der Waals surface area (Å²) >= 11 is 0. The van der Waals surface area contributed by atoms with Crippen molar-refractivity contribution < 1.29 is 23.5 Å². The van der Waals surface area contributed by atoms with Gasteiger partial charge in [-0.05, 0) is 61.3 Å². The third kappa shape index (κ3) is 4.41. The van der Waals surface area contributed by atoms with Crippen molar-refractivity contribution in [1.82, 2.24) is 9.91 Å². The Morgan fingerprint density at radius 1 is 1.06 bits per heavy atom. The van der Waals surface area contributed by atoms with E-state index in [1.165, 1.54) is 17.1 Å². The summed E-state index contributed by atoms with van der Waals surface area (Å²) in [6.45, 7) is 1.64. The van der Waals surface area contributed by atoms with E-state index in [2.05, 4.69) is 5.10 Å². The van der Waals surface area contributed by atoms with E-state index in [-0.39, 0.29) is 42.9 Å². The smallest absolute Gasteiger partial charge is 0.257 e. The molecule has 0 saturated carbocycles. The number of hydrogen-bond acceptors (Lipinski definition) is 6. The lowest BCUT2D eigenvalue weighted by molar-refractivity contribution is -0.134. The quantitative estimate of drug-likeness (QED) is 0.752. The summed E-state index contributed by atoms with van der Waals surface area (Å²) in [5.74, 6) is 0.448. The number of halogens is 1. The molecule has 2 aromatic carbocycles. The lowest BCUT2D eigenvalue weighted by Gasteiger charge is -2.31. The van der Waals surface area contributed by atoms with Gasteiger partial charge in [0.1, 0.15) is 5.82 Å². The lowest BCUT2D eigenvalue weighted by Crippen LogP contribution is -2.44. The summed E-state index contributed by atoms with van der Waals surface area (Å²) in [6.07, 6.45) is 1.80. The van der Waals surface area contributed by atoms with Gasteiger partial charge in [0.25, 0.3) is 5.91 Å². The second-order valence-electron chi connectivity index (χ2n) is 8.58. The Morgan fingerprint density at radius 3 is 2.52 bits per heavy atom. The predicted octanol–water partition coefficient (Wildman–Crippen LogP) is 2.43. The number of fused-ring (bicyclic) bond motifs is 1. The summed E-state index contributed by atoms with van der Waals surface area (Å²) in [5, 5.41) is 6.18. The molecule has 0 bridgehead atoms. The van der Waals surface area contributed by atoms with Crippen molar-refractivity contribution in [2.24, 2.45) is 16.8 Å². The van der Waals surface area contributed by atoms with E-state index in [9.17, 15) is 14.0 Å². The summed E-state index contributed by atoms with van der Waals surface area (Å²) in [6, 6.07) is 11.5. The molecule has 1 saturated heterocycles. The second kappa shape index (κ2) is 8.82. The molecule has 3 heterocycles. The number of carbonyl (C=O) groups excluding carboxylic acids is 2. The number of rotatable bonds is 5. The van der Waals surface area contributed by atoms with E-state index in [0.29, 0.717) is 43.9 Å². The highest BCUT2D eigenvalue weighted by Crippen LogP contribution is 2.39. The molecule has 0 spiro atoms. The molecule has 2 amide bonds. The fourth-order valence-corrected chi connectivity index (χ4v) is 4.58. The first-order valence-corrected chi connectivity index (χ1v) is 11.0. The SMILES string of the molecule is NC(=O)C1CCN(CC(=O)N2N=C(c3ccc(F)cc3)CC2c2ccc3c(c2)OCO3)CC1. The topological polar surface area (TPSA) is 97.5 Å². The molecule has 1 fully saturated rings. The molecule has 1 atom stereocenters. The molecule has 2 aromatic rings. The molecule has 8 nitrogen and oxygen atoms in total. The van der Waals surface area contributed by atoms with Gasteiger partial charge in [-0.3, -0.25) is 14.5 Å². The average molecular weight is 452 g/mol. The van der Waals surface area contributed by atoms with Crippen LogP contribution in [0.2, 0.25) is 0 Å². The minimum absolute atomic E-state index is 0.132. The van der Waals surface area contributed by atoms with Crippen molar-refractivity contribution in [3.8, 4) is 11.5 Å². The van der Waals surface area contributed by atoms with Gasteiger partial charge in [0.15, 0.2) is 11.5 Å². The van der Waals surface area contributed by atoms with Crippen LogP contribution >= 0.6 is 0 Å². The van der Waals surface area contributed by atoms with Gasteiger partial charge in [-0.2, -0.15) is 5.10 Å². The van der Waals surface area contributed by atoms with Crippen LogP contribution in [0, 0.1) is 11.7 Å². The standard InChI is InChI=1S/C24H25FN4O4/c25-18-4-1-15(2-5-18)19-12-20(17-3-6-21-22(11-17)33-14-32-21)29(27-19)23(30)13-28-9-7-16(8-10-28)24(26)31/h1-6,11,16,20H,7-10,12-14H2,(H2,26,31). The first-order chi connectivity index (χ1) is 16.0. The van der Waals surface area contributed by atoms with Crippen LogP contribution in [0.15, 0.2) is 47.6 Å². The second-order valence-corrected chi connectivity index (χ2v) is 8.58. The van der Waals surface area contributed by atoms with Crippen LogP contribution in [0.25, 0.3) is 0 Å². The van der Waals surface area contributed by atoms with E-state index >= 15 is 0 Å². The van der Waals surface area contributed by atoms with Gasteiger partial charge < -0.3 is 15.2 Å². The number of benzene rings is 2. The van der Waals surface area contributed by atoms with Crippen LogP contribution in [0.4, 0.5) is 4.39 Å². The van der Waals surface area contributed by atoms with Gasteiger partial charge in [-0.15, -0.1) is 0 Å². The van der Waals surface area contributed by atoms with Gasteiger partial charge in [0.05, 0.1) is 18.3 Å². The van der Waals surface area contributed by atoms with E-state index in [4.69, 9.17) is 15.2 Å². The van der Waals surface area contributed by atoms with Gasteiger partial charge in [0.2, 0.25) is 12.7 Å². The fraction of sp³-hybridized carbons (Fsp3) is 0.375. The molecule has 1 unspecified atom stereocenters. The Morgan fingerprint density at radius 2 is 1.79 bits per heavy atom. The zero-order valence-corrected chi connectivity index (χ0v) is 18.1. The number of ether oxygens (including phenoxy) is 2. The molecule has 33 heavy (non-hydrogen) atoms. The number of likely N-dealkylation sites (tertiary alicyclic amines) is 1. The maximum Gasteiger partial charge on any atom is 0.257 e. The Labute approximate surface area is 190 Å². The minimum atomic E-state index is -0.322. The zero-order valence-electron chi connectivity index (χ0n) is 18.1. The predicted molar refractivity (Wildman–Crippen MR) is 118 cm³/mol. The lowest BCUT2D eigenvalue weighted by atomic mass is 9.96. The van der Waals surface area contributed by atoms with Crippen molar-refractivity contribution in [2.45, 2.75) is 25.3 Å². The van der Waals surface area contributed by atoms with E-state index in [1.807, 2.05) is 23.1 Å². The molecule has 0 radical (unpaired) electrons. The van der Waals surface area contributed by atoms with Crippen LogP contribution in [0.1, 0.15) is 36.4 Å². The number of hydrazone groups is 1. The molecular formula is C24H25FN4O4. The first kappa shape index (κ1) is 21.4. The number of carbonyl (C=O) groups is 2. The van der Waals surface area contributed by atoms with Crippen LogP contribution in [-0.2, 0) is 9.59 Å². The molecule has 3 aliphatic rings. The van der Waals surface area contributed by atoms with E-state index in [1.54, 1.807) is 12.1 Å². The number of nitrogens with two attached hydrogens (primary N) is 1.